The number of hydrogen-bond acceptors (Lipinski definition) is 4. The highest BCUT2D eigenvalue weighted by Gasteiger charge is 2.14. The van der Waals surface area contributed by atoms with Crippen molar-refractivity contribution in [1.29, 1.82) is 0 Å². The molecule has 0 saturated carbocycles. The number of carbonyl (C=O) groups excluding carboxylic acids is 1. The molecule has 0 aliphatic carbocycles. The van der Waals surface area contributed by atoms with Crippen LogP contribution in [-0.4, -0.2) is 22.1 Å². The number of phenolic OH excluding ortho intramolecular Hbond substituents is 1. The number of nitrogens with two attached hydrogens (primary N) is 1. The van der Waals surface area contributed by atoms with Gasteiger partial charge in [0.1, 0.15) is 5.75 Å². The molecule has 5 N–H and O–H groups in total. The summed E-state index contributed by atoms with van der Waals surface area (Å²) in [6.07, 6.45) is 0. The lowest BCUT2D eigenvalue weighted by Gasteiger charge is -2.11. The van der Waals surface area contributed by atoms with Gasteiger partial charge in [-0.15, -0.1) is 0 Å². The first-order valence-corrected chi connectivity index (χ1v) is 6.21. The van der Waals surface area contributed by atoms with Crippen LogP contribution in [0.25, 0.3) is 0 Å². The van der Waals surface area contributed by atoms with E-state index in [2.05, 4.69) is 10.5 Å². The van der Waals surface area contributed by atoms with Crippen molar-refractivity contribution in [3.63, 3.8) is 0 Å². The van der Waals surface area contributed by atoms with Gasteiger partial charge in [0.2, 0.25) is 0 Å². The lowest BCUT2D eigenvalue weighted by Crippen LogP contribution is -2.19. The summed E-state index contributed by atoms with van der Waals surface area (Å²) in [6.45, 7) is 1.82. The molecule has 0 heterocycles. The van der Waals surface area contributed by atoms with E-state index < -0.39 is 5.91 Å². The standard InChI is InChI=1S/C15H15N3O3/c1-9-6-7-13(19)11(8-9)15(20)17-12-5-3-2-4-10(12)14(16)18-21/h2-8,19,21H,1H3,(H2,16,18)(H,17,20). The Labute approximate surface area is 121 Å². The molecule has 2 aromatic rings. The predicted octanol–water partition coefficient (Wildman–Crippen LogP) is 2.05. The van der Waals surface area contributed by atoms with Crippen LogP contribution in [0.3, 0.4) is 0 Å². The van der Waals surface area contributed by atoms with Crippen molar-refractivity contribution < 1.29 is 15.1 Å². The van der Waals surface area contributed by atoms with Crippen molar-refractivity contribution in [3.05, 3.63) is 59.2 Å². The number of aromatic hydroxyl groups is 1. The Bertz CT molecular complexity index is 711. The number of amidine groups is 1. The Morgan fingerprint density at radius 3 is 2.62 bits per heavy atom. The molecule has 2 rings (SSSR count). The van der Waals surface area contributed by atoms with Gasteiger partial charge in [0.05, 0.1) is 11.3 Å². The number of hydrogen-bond donors (Lipinski definition) is 4. The van der Waals surface area contributed by atoms with E-state index >= 15 is 0 Å². The smallest absolute Gasteiger partial charge is 0.259 e. The van der Waals surface area contributed by atoms with Crippen molar-refractivity contribution in [1.82, 2.24) is 0 Å². The molecule has 108 valence electrons. The number of amides is 1. The van der Waals surface area contributed by atoms with Crippen LogP contribution in [0.2, 0.25) is 0 Å². The van der Waals surface area contributed by atoms with E-state index in [1.165, 1.54) is 6.07 Å². The zero-order valence-electron chi connectivity index (χ0n) is 11.4. The van der Waals surface area contributed by atoms with Crippen LogP contribution in [0.1, 0.15) is 21.5 Å². The molecule has 0 spiro atoms. The van der Waals surface area contributed by atoms with Crippen LogP contribution < -0.4 is 11.1 Å². The summed E-state index contributed by atoms with van der Waals surface area (Å²) < 4.78 is 0. The van der Waals surface area contributed by atoms with Gasteiger partial charge < -0.3 is 21.4 Å². The summed E-state index contributed by atoms with van der Waals surface area (Å²) in [7, 11) is 0. The minimum Gasteiger partial charge on any atom is -0.507 e. The molecule has 0 aromatic heterocycles. The summed E-state index contributed by atoms with van der Waals surface area (Å²) in [5.41, 5.74) is 7.35. The van der Waals surface area contributed by atoms with Gasteiger partial charge in [-0.3, -0.25) is 4.79 Å². The lowest BCUT2D eigenvalue weighted by atomic mass is 10.1. The molecule has 1 amide bonds. The molecule has 6 heteroatoms. The Morgan fingerprint density at radius 1 is 1.19 bits per heavy atom. The molecular weight excluding hydrogens is 270 g/mol. The average molecular weight is 285 g/mol. The second-order valence-corrected chi connectivity index (χ2v) is 4.51. The fourth-order valence-corrected chi connectivity index (χ4v) is 1.89. The van der Waals surface area contributed by atoms with Crippen molar-refractivity contribution >= 4 is 17.4 Å². The Kier molecular flexibility index (Phi) is 4.08. The summed E-state index contributed by atoms with van der Waals surface area (Å²) in [5.74, 6) is -0.701. The van der Waals surface area contributed by atoms with Crippen LogP contribution in [0.4, 0.5) is 5.69 Å². The van der Waals surface area contributed by atoms with E-state index in [-0.39, 0.29) is 17.1 Å². The third-order valence-electron chi connectivity index (χ3n) is 2.96. The first-order chi connectivity index (χ1) is 10.0. The molecule has 0 bridgehead atoms. The maximum absolute atomic E-state index is 12.2. The van der Waals surface area contributed by atoms with E-state index in [1.54, 1.807) is 36.4 Å². The van der Waals surface area contributed by atoms with Crippen molar-refractivity contribution in [3.8, 4) is 5.75 Å². The summed E-state index contributed by atoms with van der Waals surface area (Å²) in [4.78, 5) is 12.2. The number of anilines is 1. The van der Waals surface area contributed by atoms with Gasteiger partial charge in [0.25, 0.3) is 5.91 Å². The molecule has 21 heavy (non-hydrogen) atoms. The van der Waals surface area contributed by atoms with Crippen LogP contribution >= 0.6 is 0 Å². The number of benzene rings is 2. The maximum Gasteiger partial charge on any atom is 0.259 e. The monoisotopic (exact) mass is 285 g/mol. The second-order valence-electron chi connectivity index (χ2n) is 4.51. The Morgan fingerprint density at radius 2 is 1.90 bits per heavy atom. The molecule has 0 aliphatic heterocycles. The first-order valence-electron chi connectivity index (χ1n) is 6.21. The molecular formula is C15H15N3O3. The van der Waals surface area contributed by atoms with Gasteiger partial charge in [0, 0.05) is 5.56 Å². The number of rotatable bonds is 3. The molecule has 0 aliphatic rings. The SMILES string of the molecule is Cc1ccc(O)c(C(=O)Nc2ccccc2/C(N)=N/O)c1. The van der Waals surface area contributed by atoms with Gasteiger partial charge in [-0.2, -0.15) is 0 Å². The Hall–Kier alpha value is -3.02. The van der Waals surface area contributed by atoms with Gasteiger partial charge >= 0.3 is 0 Å². The topological polar surface area (TPSA) is 108 Å². The van der Waals surface area contributed by atoms with E-state index in [4.69, 9.17) is 10.9 Å². The molecule has 0 saturated heterocycles. The quantitative estimate of drug-likeness (QED) is 0.299. The second kappa shape index (κ2) is 5.96. The molecule has 0 radical (unpaired) electrons. The van der Waals surface area contributed by atoms with Gasteiger partial charge in [-0.25, -0.2) is 0 Å². The molecule has 0 fully saturated rings. The van der Waals surface area contributed by atoms with Crippen molar-refractivity contribution in [2.45, 2.75) is 6.92 Å². The highest BCUT2D eigenvalue weighted by Crippen LogP contribution is 2.21. The third kappa shape index (κ3) is 3.11. The molecule has 6 nitrogen and oxygen atoms in total. The van der Waals surface area contributed by atoms with Crippen LogP contribution in [0.15, 0.2) is 47.6 Å². The van der Waals surface area contributed by atoms with Gasteiger partial charge in [0.15, 0.2) is 5.84 Å². The fourth-order valence-electron chi connectivity index (χ4n) is 1.89. The lowest BCUT2D eigenvalue weighted by molar-refractivity contribution is 0.102. The number of carbonyl (C=O) groups is 1. The zero-order valence-corrected chi connectivity index (χ0v) is 11.4. The normalized spacial score (nSPS) is 11.2. The third-order valence-corrected chi connectivity index (χ3v) is 2.96. The predicted molar refractivity (Wildman–Crippen MR) is 79.7 cm³/mol. The molecule has 0 unspecified atom stereocenters. The first kappa shape index (κ1) is 14.4. The minimum absolute atomic E-state index is 0.112. The number of nitrogens with zero attached hydrogens (tertiary/aromatic N) is 1. The van der Waals surface area contributed by atoms with Crippen LogP contribution in [0, 0.1) is 6.92 Å². The van der Waals surface area contributed by atoms with E-state index in [0.29, 0.717) is 11.3 Å². The zero-order chi connectivity index (χ0) is 15.4. The van der Waals surface area contributed by atoms with Gasteiger partial charge in [-0.1, -0.05) is 28.9 Å². The molecule has 2 aromatic carbocycles. The number of aryl methyl sites for hydroxylation is 1. The summed E-state index contributed by atoms with van der Waals surface area (Å²) in [5, 5.41) is 24.1. The van der Waals surface area contributed by atoms with E-state index in [0.717, 1.165) is 5.56 Å². The van der Waals surface area contributed by atoms with Crippen LogP contribution in [-0.2, 0) is 0 Å². The van der Waals surface area contributed by atoms with E-state index in [1.807, 2.05) is 6.92 Å². The highest BCUT2D eigenvalue weighted by atomic mass is 16.4. The molecule has 0 atom stereocenters. The largest absolute Gasteiger partial charge is 0.507 e. The van der Waals surface area contributed by atoms with Crippen molar-refractivity contribution in [2.75, 3.05) is 5.32 Å². The summed E-state index contributed by atoms with van der Waals surface area (Å²) in [6, 6.07) is 11.4. The van der Waals surface area contributed by atoms with Crippen LogP contribution in [0.5, 0.6) is 5.75 Å². The maximum atomic E-state index is 12.2. The Balaban J connectivity index is 2.34. The number of phenols is 1. The van der Waals surface area contributed by atoms with E-state index in [9.17, 15) is 9.90 Å². The minimum atomic E-state index is -0.477. The van der Waals surface area contributed by atoms with Crippen molar-refractivity contribution in [2.24, 2.45) is 10.9 Å². The number of nitrogens with one attached hydrogen (secondary N) is 1. The highest BCUT2D eigenvalue weighted by molar-refractivity contribution is 6.10. The fraction of sp³-hybridized carbons (Fsp3) is 0.0667. The van der Waals surface area contributed by atoms with Gasteiger partial charge in [-0.05, 0) is 31.2 Å². The summed E-state index contributed by atoms with van der Waals surface area (Å²) >= 11 is 0. The number of para-hydroxylation sites is 1. The number of oxime groups is 1. The average Bonchev–Trinajstić information content (AvgIpc) is 2.49.